The van der Waals surface area contributed by atoms with Crippen LogP contribution in [0, 0.1) is 0 Å². The van der Waals surface area contributed by atoms with Gasteiger partial charge in [0.2, 0.25) is 0 Å². The molecule has 2 N–H and O–H groups in total. The molecule has 0 atom stereocenters. The molecular weight excluding hydrogens is 414 g/mol. The number of nitrogens with one attached hydrogen (secondary N) is 2. The fourth-order valence-corrected chi connectivity index (χ4v) is 4.05. The van der Waals surface area contributed by atoms with Crippen molar-refractivity contribution in [2.45, 2.75) is 19.4 Å². The van der Waals surface area contributed by atoms with Gasteiger partial charge in [-0.1, -0.05) is 42.5 Å². The van der Waals surface area contributed by atoms with E-state index >= 15 is 0 Å². The molecule has 3 aromatic carbocycles. The Kier molecular flexibility index (Phi) is 7.37. The van der Waals surface area contributed by atoms with Crippen LogP contribution in [-0.2, 0) is 17.7 Å². The Balaban J connectivity index is 1.38. The summed E-state index contributed by atoms with van der Waals surface area (Å²) >= 11 is 0. The summed E-state index contributed by atoms with van der Waals surface area (Å²) in [5, 5.41) is 5.74. The fourth-order valence-electron chi connectivity index (χ4n) is 4.05. The standard InChI is InChI=1S/C27H29N3O3/c1-33-18-6-16-28-27(32)23-8-3-4-9-24(23)29-26(31)22-13-11-20(12-14-22)19-30-17-15-21-7-2-5-10-25(21)30/h2-5,7-14H,6,15-19H2,1H3,(H,28,32)(H,29,31). The van der Waals surface area contributed by atoms with Crippen LogP contribution in [0.5, 0.6) is 0 Å². The van der Waals surface area contributed by atoms with Gasteiger partial charge in [0, 0.05) is 44.6 Å². The Morgan fingerprint density at radius 2 is 1.70 bits per heavy atom. The summed E-state index contributed by atoms with van der Waals surface area (Å²) in [5.74, 6) is -0.462. The molecule has 6 nitrogen and oxygen atoms in total. The topological polar surface area (TPSA) is 70.7 Å². The monoisotopic (exact) mass is 443 g/mol. The molecule has 0 unspecified atom stereocenters. The van der Waals surface area contributed by atoms with Crippen LogP contribution in [0.25, 0.3) is 0 Å². The Bertz CT molecular complexity index is 1110. The van der Waals surface area contributed by atoms with E-state index < -0.39 is 0 Å². The average Bonchev–Trinajstić information content (AvgIpc) is 3.25. The van der Waals surface area contributed by atoms with E-state index in [0.717, 1.165) is 31.5 Å². The van der Waals surface area contributed by atoms with Gasteiger partial charge >= 0.3 is 0 Å². The number of carbonyl (C=O) groups excluding carboxylic acids is 2. The van der Waals surface area contributed by atoms with E-state index in [1.165, 1.54) is 11.3 Å². The molecular formula is C27H29N3O3. The molecule has 3 aromatic rings. The van der Waals surface area contributed by atoms with E-state index in [1.807, 2.05) is 24.3 Å². The van der Waals surface area contributed by atoms with E-state index in [-0.39, 0.29) is 11.8 Å². The highest BCUT2D eigenvalue weighted by molar-refractivity contribution is 6.09. The predicted molar refractivity (Wildman–Crippen MR) is 131 cm³/mol. The SMILES string of the molecule is COCCCNC(=O)c1ccccc1NC(=O)c1ccc(CN2CCc3ccccc32)cc1. The number of amides is 2. The number of para-hydroxylation sites is 2. The van der Waals surface area contributed by atoms with Gasteiger partial charge in [-0.15, -0.1) is 0 Å². The average molecular weight is 444 g/mol. The lowest BCUT2D eigenvalue weighted by Crippen LogP contribution is -2.26. The fraction of sp³-hybridized carbons (Fsp3) is 0.259. The number of hydrogen-bond acceptors (Lipinski definition) is 4. The number of rotatable bonds is 9. The van der Waals surface area contributed by atoms with Crippen LogP contribution >= 0.6 is 0 Å². The second-order valence-electron chi connectivity index (χ2n) is 8.10. The van der Waals surface area contributed by atoms with E-state index in [0.29, 0.717) is 30.0 Å². The first-order chi connectivity index (χ1) is 16.2. The minimum atomic E-state index is -0.243. The molecule has 6 heteroatoms. The van der Waals surface area contributed by atoms with Gasteiger partial charge in [-0.25, -0.2) is 0 Å². The van der Waals surface area contributed by atoms with Gasteiger partial charge < -0.3 is 20.3 Å². The van der Waals surface area contributed by atoms with E-state index in [1.54, 1.807) is 31.4 Å². The number of anilines is 2. The van der Waals surface area contributed by atoms with Crippen molar-refractivity contribution in [2.24, 2.45) is 0 Å². The molecule has 0 saturated heterocycles. The third kappa shape index (κ3) is 5.59. The number of fused-ring (bicyclic) bond motifs is 1. The number of benzene rings is 3. The van der Waals surface area contributed by atoms with Gasteiger partial charge in [-0.2, -0.15) is 0 Å². The van der Waals surface area contributed by atoms with Gasteiger partial charge in [0.15, 0.2) is 0 Å². The Morgan fingerprint density at radius 3 is 2.52 bits per heavy atom. The van der Waals surface area contributed by atoms with Crippen LogP contribution in [0.3, 0.4) is 0 Å². The van der Waals surface area contributed by atoms with Crippen molar-refractivity contribution in [1.82, 2.24) is 5.32 Å². The van der Waals surface area contributed by atoms with Crippen LogP contribution in [0.15, 0.2) is 72.8 Å². The largest absolute Gasteiger partial charge is 0.385 e. The molecule has 33 heavy (non-hydrogen) atoms. The summed E-state index contributed by atoms with van der Waals surface area (Å²) < 4.78 is 5.00. The predicted octanol–water partition coefficient (Wildman–Crippen LogP) is 4.27. The van der Waals surface area contributed by atoms with Crippen molar-refractivity contribution in [3.63, 3.8) is 0 Å². The summed E-state index contributed by atoms with van der Waals surface area (Å²) in [6, 6.07) is 23.2. The van der Waals surface area contributed by atoms with Gasteiger partial charge in [0.1, 0.15) is 0 Å². The Morgan fingerprint density at radius 1 is 0.939 bits per heavy atom. The molecule has 0 bridgehead atoms. The minimum Gasteiger partial charge on any atom is -0.385 e. The summed E-state index contributed by atoms with van der Waals surface area (Å²) in [7, 11) is 1.63. The summed E-state index contributed by atoms with van der Waals surface area (Å²) in [6.07, 6.45) is 1.79. The third-order valence-corrected chi connectivity index (χ3v) is 5.80. The minimum absolute atomic E-state index is 0.219. The lowest BCUT2D eigenvalue weighted by molar-refractivity contribution is 0.0949. The molecule has 0 radical (unpaired) electrons. The van der Waals surface area contributed by atoms with Crippen molar-refractivity contribution in [2.75, 3.05) is 37.0 Å². The summed E-state index contributed by atoms with van der Waals surface area (Å²) in [4.78, 5) is 27.7. The smallest absolute Gasteiger partial charge is 0.255 e. The number of nitrogens with zero attached hydrogens (tertiary/aromatic N) is 1. The molecule has 2 amide bonds. The van der Waals surface area contributed by atoms with Crippen LogP contribution in [0.4, 0.5) is 11.4 Å². The lowest BCUT2D eigenvalue weighted by atomic mass is 10.1. The molecule has 1 aliphatic rings. The molecule has 0 saturated carbocycles. The molecule has 4 rings (SSSR count). The maximum absolute atomic E-state index is 12.8. The van der Waals surface area contributed by atoms with Crippen molar-refractivity contribution in [3.8, 4) is 0 Å². The second kappa shape index (κ2) is 10.8. The van der Waals surface area contributed by atoms with Gasteiger partial charge in [0.25, 0.3) is 11.8 Å². The number of ether oxygens (including phenoxy) is 1. The van der Waals surface area contributed by atoms with Crippen LogP contribution in [0.2, 0.25) is 0 Å². The van der Waals surface area contributed by atoms with Crippen molar-refractivity contribution in [1.29, 1.82) is 0 Å². The summed E-state index contributed by atoms with van der Waals surface area (Å²) in [6.45, 7) is 2.91. The molecule has 0 spiro atoms. The van der Waals surface area contributed by atoms with Crippen LogP contribution in [0.1, 0.15) is 38.3 Å². The number of hydrogen-bond donors (Lipinski definition) is 2. The van der Waals surface area contributed by atoms with Gasteiger partial charge in [-0.3, -0.25) is 9.59 Å². The van der Waals surface area contributed by atoms with Crippen molar-refractivity contribution < 1.29 is 14.3 Å². The maximum atomic E-state index is 12.8. The highest BCUT2D eigenvalue weighted by Gasteiger charge is 2.18. The quantitative estimate of drug-likeness (QED) is 0.485. The molecule has 0 aliphatic carbocycles. The zero-order chi connectivity index (χ0) is 23.0. The Hall–Kier alpha value is -3.64. The van der Waals surface area contributed by atoms with Crippen molar-refractivity contribution >= 4 is 23.2 Å². The molecule has 1 aliphatic heterocycles. The van der Waals surface area contributed by atoms with Gasteiger partial charge in [0.05, 0.1) is 11.3 Å². The third-order valence-electron chi connectivity index (χ3n) is 5.80. The first-order valence-electron chi connectivity index (χ1n) is 11.2. The first-order valence-corrected chi connectivity index (χ1v) is 11.2. The van der Waals surface area contributed by atoms with Gasteiger partial charge in [-0.05, 0) is 54.3 Å². The highest BCUT2D eigenvalue weighted by atomic mass is 16.5. The second-order valence-corrected chi connectivity index (χ2v) is 8.10. The van der Waals surface area contributed by atoms with E-state index in [4.69, 9.17) is 4.74 Å². The van der Waals surface area contributed by atoms with E-state index in [2.05, 4.69) is 39.8 Å². The van der Waals surface area contributed by atoms with Crippen LogP contribution < -0.4 is 15.5 Å². The summed E-state index contributed by atoms with van der Waals surface area (Å²) in [5.41, 5.74) is 5.30. The lowest BCUT2D eigenvalue weighted by Gasteiger charge is -2.19. The first kappa shape index (κ1) is 22.6. The van der Waals surface area contributed by atoms with E-state index in [9.17, 15) is 9.59 Å². The van der Waals surface area contributed by atoms with Crippen molar-refractivity contribution in [3.05, 3.63) is 95.1 Å². The molecule has 170 valence electrons. The Labute approximate surface area is 194 Å². The van der Waals surface area contributed by atoms with Crippen LogP contribution in [-0.4, -0.2) is 38.6 Å². The molecule has 1 heterocycles. The number of methoxy groups -OCH3 is 1. The normalized spacial score (nSPS) is 12.3. The maximum Gasteiger partial charge on any atom is 0.255 e. The highest BCUT2D eigenvalue weighted by Crippen LogP contribution is 2.28. The zero-order valence-corrected chi connectivity index (χ0v) is 18.8. The zero-order valence-electron chi connectivity index (χ0n) is 18.8. The molecule has 0 fully saturated rings. The number of carbonyl (C=O) groups is 2. The molecule has 0 aromatic heterocycles.